The highest BCUT2D eigenvalue weighted by Gasteiger charge is 2.13. The number of rotatable bonds is 4. The second-order valence-electron chi connectivity index (χ2n) is 5.18. The van der Waals surface area contributed by atoms with E-state index in [2.05, 4.69) is 21.7 Å². The van der Waals surface area contributed by atoms with Crippen LogP contribution in [0.4, 0.5) is 5.69 Å². The molecule has 3 rings (SSSR count). The molecule has 0 radical (unpaired) electrons. The first kappa shape index (κ1) is 12.9. The van der Waals surface area contributed by atoms with Gasteiger partial charge in [0.25, 0.3) is 0 Å². The third kappa shape index (κ3) is 3.08. The molecule has 3 N–H and O–H groups in total. The van der Waals surface area contributed by atoms with E-state index in [0.29, 0.717) is 6.04 Å². The molecule has 2 aromatic rings. The summed E-state index contributed by atoms with van der Waals surface area (Å²) in [6.45, 7) is 2.05. The van der Waals surface area contributed by atoms with Crippen molar-refractivity contribution in [2.24, 2.45) is 0 Å². The summed E-state index contributed by atoms with van der Waals surface area (Å²) in [6, 6.07) is 9.83. The van der Waals surface area contributed by atoms with Gasteiger partial charge in [-0.3, -0.25) is 4.98 Å². The summed E-state index contributed by atoms with van der Waals surface area (Å²) >= 11 is 0. The van der Waals surface area contributed by atoms with Crippen molar-refractivity contribution in [2.45, 2.75) is 18.9 Å². The van der Waals surface area contributed by atoms with Crippen molar-refractivity contribution in [3.8, 4) is 16.9 Å². The second kappa shape index (κ2) is 5.92. The quantitative estimate of drug-likeness (QED) is 0.798. The molecule has 0 saturated carbocycles. The summed E-state index contributed by atoms with van der Waals surface area (Å²) in [6.07, 6.45) is 6.18. The van der Waals surface area contributed by atoms with E-state index < -0.39 is 0 Å². The van der Waals surface area contributed by atoms with Crippen molar-refractivity contribution < 1.29 is 5.11 Å². The van der Waals surface area contributed by atoms with Gasteiger partial charge in [0.2, 0.25) is 0 Å². The SMILES string of the molecule is Oc1ccc(-c2cncc(NCC3CCCN3)c2)cc1. The highest BCUT2D eigenvalue weighted by molar-refractivity contribution is 5.67. The van der Waals surface area contributed by atoms with Gasteiger partial charge in [0, 0.05) is 30.5 Å². The van der Waals surface area contributed by atoms with Gasteiger partial charge in [-0.1, -0.05) is 12.1 Å². The molecular formula is C16H19N3O. The van der Waals surface area contributed by atoms with Crippen LogP contribution in [-0.2, 0) is 0 Å². The lowest BCUT2D eigenvalue weighted by molar-refractivity contribution is 0.475. The molecular weight excluding hydrogens is 250 g/mol. The molecule has 4 heteroatoms. The Kier molecular flexibility index (Phi) is 3.83. The van der Waals surface area contributed by atoms with Gasteiger partial charge < -0.3 is 15.7 Å². The van der Waals surface area contributed by atoms with Crippen LogP contribution in [0.25, 0.3) is 11.1 Å². The summed E-state index contributed by atoms with van der Waals surface area (Å²) in [5.41, 5.74) is 3.14. The second-order valence-corrected chi connectivity index (χ2v) is 5.18. The van der Waals surface area contributed by atoms with Gasteiger partial charge in [0.15, 0.2) is 0 Å². The molecule has 0 aliphatic carbocycles. The number of phenolic OH excluding ortho intramolecular Hbond substituents is 1. The largest absolute Gasteiger partial charge is 0.508 e. The van der Waals surface area contributed by atoms with Crippen molar-refractivity contribution in [1.82, 2.24) is 10.3 Å². The molecule has 4 nitrogen and oxygen atoms in total. The van der Waals surface area contributed by atoms with Gasteiger partial charge in [0.05, 0.1) is 5.69 Å². The highest BCUT2D eigenvalue weighted by atomic mass is 16.3. The van der Waals surface area contributed by atoms with E-state index in [9.17, 15) is 5.11 Å². The molecule has 20 heavy (non-hydrogen) atoms. The zero-order valence-corrected chi connectivity index (χ0v) is 11.3. The maximum Gasteiger partial charge on any atom is 0.115 e. The molecule has 1 aromatic carbocycles. The lowest BCUT2D eigenvalue weighted by Gasteiger charge is -2.13. The molecule has 0 amide bonds. The number of pyridine rings is 1. The first-order chi connectivity index (χ1) is 9.81. The maximum absolute atomic E-state index is 9.33. The Morgan fingerprint density at radius 2 is 2.05 bits per heavy atom. The number of hydrogen-bond acceptors (Lipinski definition) is 4. The molecule has 1 saturated heterocycles. The monoisotopic (exact) mass is 269 g/mol. The fraction of sp³-hybridized carbons (Fsp3) is 0.312. The molecule has 0 bridgehead atoms. The standard InChI is InChI=1S/C16H19N3O/c20-16-5-3-12(4-6-16)13-8-15(10-17-9-13)19-11-14-2-1-7-18-14/h3-6,8-10,14,18-20H,1-2,7,11H2. The summed E-state index contributed by atoms with van der Waals surface area (Å²) in [7, 11) is 0. The Hall–Kier alpha value is -2.07. The summed E-state index contributed by atoms with van der Waals surface area (Å²) in [5.74, 6) is 0.281. The fourth-order valence-electron chi connectivity index (χ4n) is 2.52. The predicted octanol–water partition coefficient (Wildman–Crippen LogP) is 2.62. The van der Waals surface area contributed by atoms with Crippen LogP contribution in [-0.4, -0.2) is 29.2 Å². The van der Waals surface area contributed by atoms with E-state index in [0.717, 1.165) is 29.9 Å². The topological polar surface area (TPSA) is 57.2 Å². The molecule has 1 aliphatic rings. The average Bonchev–Trinajstić information content (AvgIpc) is 3.00. The maximum atomic E-state index is 9.33. The Morgan fingerprint density at radius 3 is 2.80 bits per heavy atom. The third-order valence-electron chi connectivity index (χ3n) is 3.65. The molecule has 1 aromatic heterocycles. The Balaban J connectivity index is 1.70. The van der Waals surface area contributed by atoms with E-state index in [1.54, 1.807) is 12.1 Å². The predicted molar refractivity (Wildman–Crippen MR) is 80.9 cm³/mol. The minimum atomic E-state index is 0.281. The summed E-state index contributed by atoms with van der Waals surface area (Å²) in [4.78, 5) is 4.28. The van der Waals surface area contributed by atoms with E-state index >= 15 is 0 Å². The summed E-state index contributed by atoms with van der Waals surface area (Å²) < 4.78 is 0. The first-order valence-electron chi connectivity index (χ1n) is 7.03. The number of hydrogen-bond donors (Lipinski definition) is 3. The average molecular weight is 269 g/mol. The number of benzene rings is 1. The lowest BCUT2D eigenvalue weighted by Crippen LogP contribution is -2.29. The Bertz CT molecular complexity index is 562. The molecule has 1 fully saturated rings. The molecule has 104 valence electrons. The van der Waals surface area contributed by atoms with Crippen LogP contribution in [0.5, 0.6) is 5.75 Å². The van der Waals surface area contributed by atoms with Crippen LogP contribution in [0.3, 0.4) is 0 Å². The van der Waals surface area contributed by atoms with Crippen molar-refractivity contribution in [3.05, 3.63) is 42.7 Å². The molecule has 0 spiro atoms. The minimum absolute atomic E-state index is 0.281. The Morgan fingerprint density at radius 1 is 1.20 bits per heavy atom. The van der Waals surface area contributed by atoms with Crippen LogP contribution in [0.15, 0.2) is 42.7 Å². The van der Waals surface area contributed by atoms with Gasteiger partial charge in [-0.25, -0.2) is 0 Å². The molecule has 2 heterocycles. The molecule has 1 aliphatic heterocycles. The van der Waals surface area contributed by atoms with E-state index in [-0.39, 0.29) is 5.75 Å². The van der Waals surface area contributed by atoms with Gasteiger partial charge in [0.1, 0.15) is 5.75 Å². The van der Waals surface area contributed by atoms with Crippen LogP contribution in [0.2, 0.25) is 0 Å². The number of aromatic hydroxyl groups is 1. The number of aromatic nitrogens is 1. The normalized spacial score (nSPS) is 18.1. The summed E-state index contributed by atoms with van der Waals surface area (Å²) in [5, 5.41) is 16.2. The number of nitrogens with zero attached hydrogens (tertiary/aromatic N) is 1. The third-order valence-corrected chi connectivity index (χ3v) is 3.65. The zero-order valence-electron chi connectivity index (χ0n) is 11.3. The van der Waals surface area contributed by atoms with Gasteiger partial charge in [-0.2, -0.15) is 0 Å². The zero-order chi connectivity index (χ0) is 13.8. The smallest absolute Gasteiger partial charge is 0.115 e. The Labute approximate surface area is 118 Å². The van der Waals surface area contributed by atoms with Crippen LogP contribution < -0.4 is 10.6 Å². The number of nitrogens with one attached hydrogen (secondary N) is 2. The first-order valence-corrected chi connectivity index (χ1v) is 7.03. The van der Waals surface area contributed by atoms with E-state index in [4.69, 9.17) is 0 Å². The van der Waals surface area contributed by atoms with Gasteiger partial charge in [-0.15, -0.1) is 0 Å². The van der Waals surface area contributed by atoms with Crippen LogP contribution >= 0.6 is 0 Å². The van der Waals surface area contributed by atoms with Crippen LogP contribution in [0.1, 0.15) is 12.8 Å². The lowest BCUT2D eigenvalue weighted by atomic mass is 10.1. The van der Waals surface area contributed by atoms with Gasteiger partial charge >= 0.3 is 0 Å². The van der Waals surface area contributed by atoms with E-state index in [1.807, 2.05) is 24.5 Å². The van der Waals surface area contributed by atoms with Crippen molar-refractivity contribution in [3.63, 3.8) is 0 Å². The van der Waals surface area contributed by atoms with Crippen LogP contribution in [0, 0.1) is 0 Å². The van der Waals surface area contributed by atoms with Gasteiger partial charge in [-0.05, 0) is 43.1 Å². The van der Waals surface area contributed by atoms with Crippen molar-refractivity contribution >= 4 is 5.69 Å². The minimum Gasteiger partial charge on any atom is -0.508 e. The van der Waals surface area contributed by atoms with E-state index in [1.165, 1.54) is 12.8 Å². The number of anilines is 1. The number of phenols is 1. The molecule has 1 unspecified atom stereocenters. The highest BCUT2D eigenvalue weighted by Crippen LogP contribution is 2.23. The van der Waals surface area contributed by atoms with Crippen molar-refractivity contribution in [1.29, 1.82) is 0 Å². The van der Waals surface area contributed by atoms with Crippen molar-refractivity contribution in [2.75, 3.05) is 18.4 Å². The molecule has 1 atom stereocenters. The fourth-order valence-corrected chi connectivity index (χ4v) is 2.52.